The Labute approximate surface area is 103 Å². The van der Waals surface area contributed by atoms with Crippen molar-refractivity contribution in [1.29, 1.82) is 0 Å². The monoisotopic (exact) mass is 248 g/mol. The SMILES string of the molecule is FC1(F)Oc2ccccc2O[C@H]1c1ccccc1. The zero-order valence-electron chi connectivity index (χ0n) is 9.35. The summed E-state index contributed by atoms with van der Waals surface area (Å²) >= 11 is 0. The van der Waals surface area contributed by atoms with Gasteiger partial charge in [0.1, 0.15) is 0 Å². The van der Waals surface area contributed by atoms with Gasteiger partial charge >= 0.3 is 6.11 Å². The molecular weight excluding hydrogens is 238 g/mol. The van der Waals surface area contributed by atoms with Gasteiger partial charge in [0.15, 0.2) is 11.5 Å². The summed E-state index contributed by atoms with van der Waals surface area (Å²) in [5.41, 5.74) is 0.386. The molecule has 0 saturated carbocycles. The van der Waals surface area contributed by atoms with E-state index >= 15 is 0 Å². The molecule has 2 aromatic rings. The maximum atomic E-state index is 13.9. The zero-order chi connectivity index (χ0) is 12.6. The molecule has 1 heterocycles. The molecule has 0 saturated heterocycles. The van der Waals surface area contributed by atoms with E-state index in [1.165, 1.54) is 6.07 Å². The molecule has 0 amide bonds. The summed E-state index contributed by atoms with van der Waals surface area (Å²) in [5, 5.41) is 0. The highest BCUT2D eigenvalue weighted by atomic mass is 19.3. The summed E-state index contributed by atoms with van der Waals surface area (Å²) in [7, 11) is 0. The molecule has 4 heteroatoms. The van der Waals surface area contributed by atoms with Crippen molar-refractivity contribution >= 4 is 0 Å². The van der Waals surface area contributed by atoms with Gasteiger partial charge in [0.2, 0.25) is 6.10 Å². The molecule has 0 fully saturated rings. The van der Waals surface area contributed by atoms with Crippen molar-refractivity contribution in [2.45, 2.75) is 12.2 Å². The third kappa shape index (κ3) is 1.79. The molecule has 18 heavy (non-hydrogen) atoms. The Kier molecular flexibility index (Phi) is 2.44. The van der Waals surface area contributed by atoms with Gasteiger partial charge in [-0.3, -0.25) is 0 Å². The Morgan fingerprint density at radius 3 is 2.17 bits per heavy atom. The summed E-state index contributed by atoms with van der Waals surface area (Å²) < 4.78 is 37.9. The van der Waals surface area contributed by atoms with Crippen LogP contribution in [0.3, 0.4) is 0 Å². The number of rotatable bonds is 1. The van der Waals surface area contributed by atoms with Gasteiger partial charge in [-0.1, -0.05) is 42.5 Å². The van der Waals surface area contributed by atoms with Gasteiger partial charge in [-0.25, -0.2) is 0 Å². The average molecular weight is 248 g/mol. The normalized spacial score (nSPS) is 20.4. The van der Waals surface area contributed by atoms with Crippen LogP contribution in [0.4, 0.5) is 8.78 Å². The largest absolute Gasteiger partial charge is 0.471 e. The first-order valence-corrected chi connectivity index (χ1v) is 5.54. The maximum Gasteiger partial charge on any atom is 0.440 e. The van der Waals surface area contributed by atoms with E-state index < -0.39 is 12.2 Å². The van der Waals surface area contributed by atoms with E-state index in [0.29, 0.717) is 11.3 Å². The van der Waals surface area contributed by atoms with E-state index in [-0.39, 0.29) is 5.75 Å². The van der Waals surface area contributed by atoms with E-state index in [9.17, 15) is 8.78 Å². The van der Waals surface area contributed by atoms with Gasteiger partial charge in [-0.05, 0) is 12.1 Å². The first-order chi connectivity index (χ1) is 8.67. The highest BCUT2D eigenvalue weighted by molar-refractivity contribution is 5.42. The van der Waals surface area contributed by atoms with Crippen LogP contribution in [0.15, 0.2) is 54.6 Å². The number of hydrogen-bond acceptors (Lipinski definition) is 2. The van der Waals surface area contributed by atoms with Crippen molar-refractivity contribution in [3.63, 3.8) is 0 Å². The minimum atomic E-state index is -3.38. The molecule has 0 aromatic heterocycles. The maximum absolute atomic E-state index is 13.9. The van der Waals surface area contributed by atoms with Crippen LogP contribution in [0.1, 0.15) is 11.7 Å². The quantitative estimate of drug-likeness (QED) is 0.764. The lowest BCUT2D eigenvalue weighted by molar-refractivity contribution is -0.249. The van der Waals surface area contributed by atoms with Crippen LogP contribution in [0.5, 0.6) is 11.5 Å². The topological polar surface area (TPSA) is 18.5 Å². The van der Waals surface area contributed by atoms with Crippen LogP contribution in [-0.4, -0.2) is 6.11 Å². The third-order valence-corrected chi connectivity index (χ3v) is 2.75. The molecule has 2 nitrogen and oxygen atoms in total. The molecule has 1 aliphatic heterocycles. The molecule has 92 valence electrons. The fourth-order valence-corrected chi connectivity index (χ4v) is 1.92. The second-order valence-electron chi connectivity index (χ2n) is 4.02. The van der Waals surface area contributed by atoms with E-state index in [2.05, 4.69) is 0 Å². The lowest BCUT2D eigenvalue weighted by Gasteiger charge is -2.33. The van der Waals surface area contributed by atoms with Gasteiger partial charge in [0.25, 0.3) is 0 Å². The smallest absolute Gasteiger partial charge is 0.440 e. The summed E-state index contributed by atoms with van der Waals surface area (Å²) in [6, 6.07) is 14.7. The lowest BCUT2D eigenvalue weighted by atomic mass is 10.1. The summed E-state index contributed by atoms with van der Waals surface area (Å²) in [5.74, 6) is 0.395. The molecule has 0 radical (unpaired) electrons. The van der Waals surface area contributed by atoms with Crippen LogP contribution in [0.25, 0.3) is 0 Å². The molecule has 0 bridgehead atoms. The number of halogens is 2. The number of hydrogen-bond donors (Lipinski definition) is 0. The Hall–Kier alpha value is -2.10. The summed E-state index contributed by atoms with van der Waals surface area (Å²) in [4.78, 5) is 0. The molecule has 1 aliphatic rings. The molecule has 0 aliphatic carbocycles. The molecule has 2 aromatic carbocycles. The van der Waals surface area contributed by atoms with Gasteiger partial charge in [-0.15, -0.1) is 0 Å². The zero-order valence-corrected chi connectivity index (χ0v) is 9.35. The van der Waals surface area contributed by atoms with Crippen LogP contribution in [0, 0.1) is 0 Å². The van der Waals surface area contributed by atoms with Crippen LogP contribution >= 0.6 is 0 Å². The van der Waals surface area contributed by atoms with Crippen molar-refractivity contribution in [2.24, 2.45) is 0 Å². The van der Waals surface area contributed by atoms with Crippen molar-refractivity contribution in [1.82, 2.24) is 0 Å². The van der Waals surface area contributed by atoms with Gasteiger partial charge in [0.05, 0.1) is 0 Å². The van der Waals surface area contributed by atoms with Crippen molar-refractivity contribution in [3.05, 3.63) is 60.2 Å². The minimum Gasteiger partial charge on any atom is -0.471 e. The highest BCUT2D eigenvalue weighted by Gasteiger charge is 2.49. The second-order valence-corrected chi connectivity index (χ2v) is 4.02. The Morgan fingerprint density at radius 1 is 0.833 bits per heavy atom. The molecule has 3 rings (SSSR count). The van der Waals surface area contributed by atoms with Crippen LogP contribution in [0.2, 0.25) is 0 Å². The van der Waals surface area contributed by atoms with E-state index in [1.807, 2.05) is 0 Å². The minimum absolute atomic E-state index is 0.0645. The van der Waals surface area contributed by atoms with Gasteiger partial charge in [0, 0.05) is 5.56 Å². The van der Waals surface area contributed by atoms with Crippen molar-refractivity contribution < 1.29 is 18.3 Å². The molecule has 0 spiro atoms. The predicted molar refractivity (Wildman–Crippen MR) is 61.8 cm³/mol. The first-order valence-electron chi connectivity index (χ1n) is 5.54. The first kappa shape index (κ1) is 11.0. The summed E-state index contributed by atoms with van der Waals surface area (Å²) in [6.07, 6.45) is -4.80. The van der Waals surface area contributed by atoms with E-state index in [1.54, 1.807) is 48.5 Å². The lowest BCUT2D eigenvalue weighted by Crippen LogP contribution is -2.39. The van der Waals surface area contributed by atoms with Crippen LogP contribution < -0.4 is 9.47 Å². The fourth-order valence-electron chi connectivity index (χ4n) is 1.92. The Balaban J connectivity index is 2.02. The second kappa shape index (κ2) is 3.98. The van der Waals surface area contributed by atoms with E-state index in [0.717, 1.165) is 0 Å². The standard InChI is InChI=1S/C14H10F2O2/c15-14(16)13(10-6-2-1-3-7-10)17-11-8-4-5-9-12(11)18-14/h1-9,13H/t13-/m0/s1. The highest BCUT2D eigenvalue weighted by Crippen LogP contribution is 2.45. The molecular formula is C14H10F2O2. The Bertz CT molecular complexity index is 555. The van der Waals surface area contributed by atoms with Crippen molar-refractivity contribution in [2.75, 3.05) is 0 Å². The average Bonchev–Trinajstić information content (AvgIpc) is 2.38. The third-order valence-electron chi connectivity index (χ3n) is 2.75. The van der Waals surface area contributed by atoms with Crippen molar-refractivity contribution in [3.8, 4) is 11.5 Å². The molecule has 0 N–H and O–H groups in total. The van der Waals surface area contributed by atoms with Crippen LogP contribution in [-0.2, 0) is 0 Å². The fraction of sp³-hybridized carbons (Fsp3) is 0.143. The Morgan fingerprint density at radius 2 is 1.44 bits per heavy atom. The predicted octanol–water partition coefficient (Wildman–Crippen LogP) is 3.79. The van der Waals surface area contributed by atoms with Gasteiger partial charge < -0.3 is 9.47 Å². The number of alkyl halides is 2. The molecule has 0 unspecified atom stereocenters. The van der Waals surface area contributed by atoms with Gasteiger partial charge in [-0.2, -0.15) is 8.78 Å². The number of fused-ring (bicyclic) bond motifs is 1. The summed E-state index contributed by atoms with van der Waals surface area (Å²) in [6.45, 7) is 0. The number of para-hydroxylation sites is 2. The number of ether oxygens (including phenoxy) is 2. The van der Waals surface area contributed by atoms with E-state index in [4.69, 9.17) is 9.47 Å². The number of benzene rings is 2. The molecule has 1 atom stereocenters.